The van der Waals surface area contributed by atoms with Gasteiger partial charge in [-0.15, -0.1) is 0 Å². The fraction of sp³-hybridized carbons (Fsp3) is 0.462. The van der Waals surface area contributed by atoms with Crippen LogP contribution in [0, 0.1) is 3.57 Å². The number of hydrogen-bond donors (Lipinski definition) is 1. The van der Waals surface area contributed by atoms with Gasteiger partial charge in [-0.3, -0.25) is 4.79 Å². The molecule has 1 heterocycles. The first-order valence-electron chi connectivity index (χ1n) is 5.87. The third kappa shape index (κ3) is 4.27. The highest BCUT2D eigenvalue weighted by Gasteiger charge is 2.16. The second-order valence-corrected chi connectivity index (χ2v) is 5.49. The Bertz CT molecular complexity index is 389. The van der Waals surface area contributed by atoms with Crippen LogP contribution in [0.1, 0.15) is 18.4 Å². The van der Waals surface area contributed by atoms with E-state index < -0.39 is 0 Å². The van der Waals surface area contributed by atoms with Crippen LogP contribution in [0.25, 0.3) is 0 Å². The minimum atomic E-state index is 0.0718. The zero-order valence-electron chi connectivity index (χ0n) is 9.62. The minimum absolute atomic E-state index is 0.0718. The molecule has 92 valence electrons. The molecule has 1 amide bonds. The molecule has 0 aliphatic carbocycles. The van der Waals surface area contributed by atoms with Crippen LogP contribution in [0.2, 0.25) is 0 Å². The summed E-state index contributed by atoms with van der Waals surface area (Å²) in [7, 11) is 0. The predicted octanol–water partition coefficient (Wildman–Crippen LogP) is 2.13. The van der Waals surface area contributed by atoms with E-state index in [1.54, 1.807) is 0 Å². The topological polar surface area (TPSA) is 38.3 Å². The molecule has 0 bridgehead atoms. The number of carbonyl (C=O) groups excluding carboxylic acids is 1. The lowest BCUT2D eigenvalue weighted by molar-refractivity contribution is -0.120. The standard InChI is InChI=1S/C13H16INO2/c14-11-4-1-3-10(7-11)8-13(16)15-9-12-5-2-6-17-12/h1,3-4,7,12H,2,5-6,8-9H2,(H,15,16). The molecule has 1 atom stereocenters. The first-order chi connectivity index (χ1) is 8.24. The van der Waals surface area contributed by atoms with Crippen molar-refractivity contribution in [3.8, 4) is 0 Å². The Morgan fingerprint density at radius 3 is 3.12 bits per heavy atom. The molecular formula is C13H16INO2. The monoisotopic (exact) mass is 345 g/mol. The molecule has 3 nitrogen and oxygen atoms in total. The summed E-state index contributed by atoms with van der Waals surface area (Å²) in [6, 6.07) is 8.01. The fourth-order valence-corrected chi connectivity index (χ4v) is 2.54. The van der Waals surface area contributed by atoms with Crippen molar-refractivity contribution in [1.29, 1.82) is 0 Å². The van der Waals surface area contributed by atoms with Crippen molar-refractivity contribution in [3.05, 3.63) is 33.4 Å². The molecule has 1 aromatic carbocycles. The summed E-state index contributed by atoms with van der Waals surface area (Å²) in [4.78, 5) is 11.7. The first-order valence-corrected chi connectivity index (χ1v) is 6.94. The number of amides is 1. The molecule has 0 aromatic heterocycles. The van der Waals surface area contributed by atoms with Gasteiger partial charge in [0.2, 0.25) is 5.91 Å². The van der Waals surface area contributed by atoms with E-state index in [1.807, 2.05) is 24.3 Å². The summed E-state index contributed by atoms with van der Waals surface area (Å²) in [6.07, 6.45) is 2.83. The average molecular weight is 345 g/mol. The van der Waals surface area contributed by atoms with Gasteiger partial charge in [-0.1, -0.05) is 12.1 Å². The van der Waals surface area contributed by atoms with Crippen LogP contribution >= 0.6 is 22.6 Å². The molecule has 0 spiro atoms. The second-order valence-electron chi connectivity index (χ2n) is 4.25. The maximum absolute atomic E-state index is 11.7. The van der Waals surface area contributed by atoms with Crippen LogP contribution in [-0.2, 0) is 16.0 Å². The van der Waals surface area contributed by atoms with Crippen molar-refractivity contribution >= 4 is 28.5 Å². The maximum atomic E-state index is 11.7. The van der Waals surface area contributed by atoms with Gasteiger partial charge in [0.25, 0.3) is 0 Å². The number of carbonyl (C=O) groups is 1. The average Bonchev–Trinajstić information content (AvgIpc) is 2.79. The summed E-state index contributed by atoms with van der Waals surface area (Å²) >= 11 is 2.25. The Kier molecular flexibility index (Phi) is 4.79. The van der Waals surface area contributed by atoms with Gasteiger partial charge in [-0.2, -0.15) is 0 Å². The van der Waals surface area contributed by atoms with E-state index in [0.717, 1.165) is 28.6 Å². The molecule has 1 aromatic rings. The Morgan fingerprint density at radius 1 is 1.53 bits per heavy atom. The zero-order valence-corrected chi connectivity index (χ0v) is 11.8. The molecule has 1 fully saturated rings. The van der Waals surface area contributed by atoms with E-state index in [-0.39, 0.29) is 12.0 Å². The lowest BCUT2D eigenvalue weighted by Crippen LogP contribution is -2.32. The molecule has 0 saturated carbocycles. The van der Waals surface area contributed by atoms with Crippen LogP contribution in [0.4, 0.5) is 0 Å². The van der Waals surface area contributed by atoms with Crippen molar-refractivity contribution in [1.82, 2.24) is 5.32 Å². The van der Waals surface area contributed by atoms with Crippen LogP contribution in [0.5, 0.6) is 0 Å². The summed E-state index contributed by atoms with van der Waals surface area (Å²) < 4.78 is 6.62. The third-order valence-corrected chi connectivity index (χ3v) is 3.48. The minimum Gasteiger partial charge on any atom is -0.376 e. The molecule has 17 heavy (non-hydrogen) atoms. The van der Waals surface area contributed by atoms with Gasteiger partial charge >= 0.3 is 0 Å². The van der Waals surface area contributed by atoms with Gasteiger partial charge in [0.15, 0.2) is 0 Å². The molecular weight excluding hydrogens is 329 g/mol. The van der Waals surface area contributed by atoms with Gasteiger partial charge in [0.05, 0.1) is 12.5 Å². The van der Waals surface area contributed by atoms with Gasteiger partial charge < -0.3 is 10.1 Å². The van der Waals surface area contributed by atoms with E-state index in [9.17, 15) is 4.79 Å². The molecule has 1 aliphatic rings. The highest BCUT2D eigenvalue weighted by molar-refractivity contribution is 14.1. The molecule has 4 heteroatoms. The number of benzene rings is 1. The van der Waals surface area contributed by atoms with Crippen LogP contribution in [0.15, 0.2) is 24.3 Å². The Hall–Kier alpha value is -0.620. The first kappa shape index (κ1) is 12.8. The van der Waals surface area contributed by atoms with Crippen molar-refractivity contribution in [2.45, 2.75) is 25.4 Å². The number of ether oxygens (including phenoxy) is 1. The molecule has 1 saturated heterocycles. The Morgan fingerprint density at radius 2 is 2.41 bits per heavy atom. The lowest BCUT2D eigenvalue weighted by Gasteiger charge is -2.10. The quantitative estimate of drug-likeness (QED) is 0.849. The van der Waals surface area contributed by atoms with Crippen LogP contribution in [-0.4, -0.2) is 25.2 Å². The highest BCUT2D eigenvalue weighted by Crippen LogP contribution is 2.11. The molecule has 2 rings (SSSR count). The second kappa shape index (κ2) is 6.35. The zero-order chi connectivity index (χ0) is 12.1. The fourth-order valence-electron chi connectivity index (χ4n) is 1.93. The van der Waals surface area contributed by atoms with Crippen molar-refractivity contribution < 1.29 is 9.53 Å². The summed E-state index contributed by atoms with van der Waals surface area (Å²) in [5, 5.41) is 2.93. The molecule has 1 unspecified atom stereocenters. The normalized spacial score (nSPS) is 19.2. The number of rotatable bonds is 4. The summed E-state index contributed by atoms with van der Waals surface area (Å²) in [5.74, 6) is 0.0718. The van der Waals surface area contributed by atoms with E-state index in [4.69, 9.17) is 4.74 Å². The van der Waals surface area contributed by atoms with Gasteiger partial charge in [0.1, 0.15) is 0 Å². The number of halogens is 1. The molecule has 1 N–H and O–H groups in total. The largest absolute Gasteiger partial charge is 0.376 e. The highest BCUT2D eigenvalue weighted by atomic mass is 127. The summed E-state index contributed by atoms with van der Waals surface area (Å²) in [6.45, 7) is 1.47. The molecule has 1 aliphatic heterocycles. The van der Waals surface area contributed by atoms with E-state index in [2.05, 4.69) is 27.9 Å². The number of hydrogen-bond acceptors (Lipinski definition) is 2. The summed E-state index contributed by atoms with van der Waals surface area (Å²) in [5.41, 5.74) is 1.06. The van der Waals surface area contributed by atoms with Gasteiger partial charge in [-0.25, -0.2) is 0 Å². The van der Waals surface area contributed by atoms with E-state index in [1.165, 1.54) is 0 Å². The molecule has 0 radical (unpaired) electrons. The number of nitrogens with one attached hydrogen (secondary N) is 1. The third-order valence-electron chi connectivity index (χ3n) is 2.80. The SMILES string of the molecule is O=C(Cc1cccc(I)c1)NCC1CCCO1. The van der Waals surface area contributed by atoms with Crippen molar-refractivity contribution in [3.63, 3.8) is 0 Å². The Labute approximate surface area is 115 Å². The van der Waals surface area contributed by atoms with Gasteiger partial charge in [0, 0.05) is 16.7 Å². The van der Waals surface area contributed by atoms with Crippen molar-refractivity contribution in [2.24, 2.45) is 0 Å². The predicted molar refractivity (Wildman–Crippen MR) is 74.8 cm³/mol. The van der Waals surface area contributed by atoms with Crippen molar-refractivity contribution in [2.75, 3.05) is 13.2 Å². The maximum Gasteiger partial charge on any atom is 0.224 e. The van der Waals surface area contributed by atoms with Crippen LogP contribution in [0.3, 0.4) is 0 Å². The van der Waals surface area contributed by atoms with E-state index in [0.29, 0.717) is 13.0 Å². The smallest absolute Gasteiger partial charge is 0.224 e. The van der Waals surface area contributed by atoms with Gasteiger partial charge in [-0.05, 0) is 53.1 Å². The Balaban J connectivity index is 1.76. The lowest BCUT2D eigenvalue weighted by atomic mass is 10.1. The van der Waals surface area contributed by atoms with Crippen LogP contribution < -0.4 is 5.32 Å². The van der Waals surface area contributed by atoms with E-state index >= 15 is 0 Å².